The number of furan rings is 1. The average Bonchev–Trinajstić information content (AvgIpc) is 3.70. The van der Waals surface area contributed by atoms with Crippen LogP contribution < -0.4 is 4.74 Å². The highest BCUT2D eigenvalue weighted by Gasteiger charge is 2.29. The molecule has 1 atom stereocenters. The lowest BCUT2D eigenvalue weighted by atomic mass is 10.0. The highest BCUT2D eigenvalue weighted by atomic mass is 16.6. The Hall–Kier alpha value is -4.72. The SMILES string of the molecule is COc1ccc(-c2nnc(C(C)OC(=O)c3c4c(nc5ccccc35)C(=Cc3ccco3)CC4)o2)cc1. The van der Waals surface area contributed by atoms with Crippen LogP contribution in [0.4, 0.5) is 0 Å². The maximum absolute atomic E-state index is 13.6. The standard InChI is InChI=1S/C29H23N3O5/c1-17(27-31-32-28(37-27)18-9-12-20(34-2)13-10-18)36-29(33)25-22-7-3-4-8-24(22)30-26-19(11-14-23(25)26)16-21-6-5-15-35-21/h3-10,12-13,15-17H,11,14H2,1-2H3. The lowest BCUT2D eigenvalue weighted by Gasteiger charge is -2.14. The van der Waals surface area contributed by atoms with Crippen molar-refractivity contribution in [2.45, 2.75) is 25.9 Å². The maximum atomic E-state index is 13.6. The van der Waals surface area contributed by atoms with Crippen molar-refractivity contribution in [3.05, 3.63) is 95.4 Å². The third kappa shape index (κ3) is 4.27. The quantitative estimate of drug-likeness (QED) is 0.254. The summed E-state index contributed by atoms with van der Waals surface area (Å²) in [5.74, 6) is 1.58. The molecule has 0 spiro atoms. The monoisotopic (exact) mass is 493 g/mol. The Labute approximate surface area is 212 Å². The van der Waals surface area contributed by atoms with Crippen molar-refractivity contribution in [3.8, 4) is 17.2 Å². The number of aromatic nitrogens is 3. The Morgan fingerprint density at radius 2 is 1.86 bits per heavy atom. The number of nitrogens with zero attached hydrogens (tertiary/aromatic N) is 3. The van der Waals surface area contributed by atoms with E-state index in [0.717, 1.165) is 51.2 Å². The van der Waals surface area contributed by atoms with Crippen LogP contribution in [0.5, 0.6) is 5.75 Å². The average molecular weight is 494 g/mol. The number of esters is 1. The molecule has 1 aliphatic carbocycles. The lowest BCUT2D eigenvalue weighted by molar-refractivity contribution is 0.0281. The van der Waals surface area contributed by atoms with Gasteiger partial charge in [-0.3, -0.25) is 0 Å². The summed E-state index contributed by atoms with van der Waals surface area (Å²) in [7, 11) is 1.60. The molecule has 0 radical (unpaired) electrons. The molecule has 0 amide bonds. The largest absolute Gasteiger partial charge is 0.497 e. The zero-order chi connectivity index (χ0) is 25.4. The van der Waals surface area contributed by atoms with E-state index < -0.39 is 12.1 Å². The van der Waals surface area contributed by atoms with E-state index in [-0.39, 0.29) is 5.89 Å². The Morgan fingerprint density at radius 1 is 1.03 bits per heavy atom. The Kier molecular flexibility index (Phi) is 5.76. The van der Waals surface area contributed by atoms with E-state index in [1.165, 1.54) is 0 Å². The Morgan fingerprint density at radius 3 is 2.65 bits per heavy atom. The number of allylic oxidation sites excluding steroid dienone is 1. The highest BCUT2D eigenvalue weighted by molar-refractivity contribution is 6.07. The number of hydrogen-bond donors (Lipinski definition) is 0. The van der Waals surface area contributed by atoms with Crippen LogP contribution in [0.2, 0.25) is 0 Å². The number of fused-ring (bicyclic) bond motifs is 2. The number of hydrogen-bond acceptors (Lipinski definition) is 8. The summed E-state index contributed by atoms with van der Waals surface area (Å²) in [5, 5.41) is 8.99. The van der Waals surface area contributed by atoms with Crippen LogP contribution in [-0.4, -0.2) is 28.3 Å². The van der Waals surface area contributed by atoms with Gasteiger partial charge < -0.3 is 18.3 Å². The fraction of sp³-hybridized carbons (Fsp3) is 0.172. The maximum Gasteiger partial charge on any atom is 0.339 e. The van der Waals surface area contributed by atoms with E-state index >= 15 is 0 Å². The molecule has 8 nitrogen and oxygen atoms in total. The Bertz CT molecular complexity index is 1620. The van der Waals surface area contributed by atoms with E-state index in [1.807, 2.05) is 66.7 Å². The number of methoxy groups -OCH3 is 1. The molecule has 3 heterocycles. The zero-order valence-corrected chi connectivity index (χ0v) is 20.3. The summed E-state index contributed by atoms with van der Waals surface area (Å²) >= 11 is 0. The number of pyridine rings is 1. The first-order chi connectivity index (χ1) is 18.1. The molecule has 6 rings (SSSR count). The molecule has 184 valence electrons. The first-order valence-electron chi connectivity index (χ1n) is 12.0. The van der Waals surface area contributed by atoms with E-state index in [1.54, 1.807) is 20.3 Å². The molecular weight excluding hydrogens is 470 g/mol. The molecule has 37 heavy (non-hydrogen) atoms. The predicted molar refractivity (Wildman–Crippen MR) is 137 cm³/mol. The van der Waals surface area contributed by atoms with E-state index in [0.29, 0.717) is 17.9 Å². The molecule has 0 bridgehead atoms. The van der Waals surface area contributed by atoms with Crippen molar-refractivity contribution < 1.29 is 23.1 Å². The molecule has 1 unspecified atom stereocenters. The molecule has 0 N–H and O–H groups in total. The first-order valence-corrected chi connectivity index (χ1v) is 12.0. The van der Waals surface area contributed by atoms with Crippen molar-refractivity contribution in [2.75, 3.05) is 7.11 Å². The summed E-state index contributed by atoms with van der Waals surface area (Å²) in [6.45, 7) is 1.72. The molecule has 0 saturated carbocycles. The number of carbonyl (C=O) groups is 1. The van der Waals surface area contributed by atoms with Gasteiger partial charge in [0.05, 0.1) is 30.1 Å². The van der Waals surface area contributed by atoms with E-state index in [4.69, 9.17) is 23.3 Å². The Balaban J connectivity index is 1.31. The van der Waals surface area contributed by atoms with Gasteiger partial charge in [-0.15, -0.1) is 10.2 Å². The van der Waals surface area contributed by atoms with Crippen molar-refractivity contribution in [2.24, 2.45) is 0 Å². The van der Waals surface area contributed by atoms with Gasteiger partial charge in [-0.05, 0) is 79.4 Å². The van der Waals surface area contributed by atoms with Crippen LogP contribution in [0.3, 0.4) is 0 Å². The zero-order valence-electron chi connectivity index (χ0n) is 20.3. The van der Waals surface area contributed by atoms with Crippen molar-refractivity contribution in [1.82, 2.24) is 15.2 Å². The van der Waals surface area contributed by atoms with Crippen LogP contribution in [0.15, 0.2) is 75.8 Å². The van der Waals surface area contributed by atoms with Crippen molar-refractivity contribution in [3.63, 3.8) is 0 Å². The molecule has 3 aromatic heterocycles. The molecule has 2 aromatic carbocycles. The van der Waals surface area contributed by atoms with Gasteiger partial charge in [0.15, 0.2) is 6.10 Å². The summed E-state index contributed by atoms with van der Waals surface area (Å²) in [6.07, 6.45) is 4.31. The fourth-order valence-electron chi connectivity index (χ4n) is 4.58. The highest BCUT2D eigenvalue weighted by Crippen LogP contribution is 2.38. The summed E-state index contributed by atoms with van der Waals surface area (Å²) < 4.78 is 22.4. The molecule has 0 fully saturated rings. The second kappa shape index (κ2) is 9.39. The second-order valence-electron chi connectivity index (χ2n) is 8.74. The third-order valence-corrected chi connectivity index (χ3v) is 6.41. The number of benzene rings is 2. The lowest BCUT2D eigenvalue weighted by Crippen LogP contribution is -2.13. The fourth-order valence-corrected chi connectivity index (χ4v) is 4.58. The molecule has 1 aliphatic rings. The molecule has 5 aromatic rings. The van der Waals surface area contributed by atoms with Crippen LogP contribution in [0.25, 0.3) is 34.0 Å². The predicted octanol–water partition coefficient (Wildman–Crippen LogP) is 6.29. The molecule has 0 saturated heterocycles. The van der Waals surface area contributed by atoms with Gasteiger partial charge in [-0.1, -0.05) is 18.2 Å². The van der Waals surface area contributed by atoms with Gasteiger partial charge in [-0.25, -0.2) is 9.78 Å². The van der Waals surface area contributed by atoms with Gasteiger partial charge in [0.25, 0.3) is 5.89 Å². The van der Waals surface area contributed by atoms with Gasteiger partial charge in [-0.2, -0.15) is 0 Å². The van der Waals surface area contributed by atoms with Crippen molar-refractivity contribution in [1.29, 1.82) is 0 Å². The van der Waals surface area contributed by atoms with Gasteiger partial charge >= 0.3 is 5.97 Å². The number of carbonyl (C=O) groups excluding carboxylic acids is 1. The van der Waals surface area contributed by atoms with Crippen LogP contribution in [0, 0.1) is 0 Å². The molecule has 8 heteroatoms. The van der Waals surface area contributed by atoms with Crippen LogP contribution >= 0.6 is 0 Å². The van der Waals surface area contributed by atoms with Gasteiger partial charge in [0.1, 0.15) is 11.5 Å². The third-order valence-electron chi connectivity index (χ3n) is 6.41. The van der Waals surface area contributed by atoms with Crippen LogP contribution in [-0.2, 0) is 11.2 Å². The van der Waals surface area contributed by atoms with Crippen molar-refractivity contribution >= 4 is 28.5 Å². The number of ether oxygens (including phenoxy) is 2. The smallest absolute Gasteiger partial charge is 0.339 e. The second-order valence-corrected chi connectivity index (χ2v) is 8.74. The van der Waals surface area contributed by atoms with Crippen LogP contribution in [0.1, 0.15) is 52.7 Å². The number of rotatable bonds is 6. The van der Waals surface area contributed by atoms with E-state index in [9.17, 15) is 4.79 Å². The minimum Gasteiger partial charge on any atom is -0.497 e. The van der Waals surface area contributed by atoms with E-state index in [2.05, 4.69) is 10.2 Å². The summed E-state index contributed by atoms with van der Waals surface area (Å²) in [4.78, 5) is 18.5. The minimum absolute atomic E-state index is 0.215. The summed E-state index contributed by atoms with van der Waals surface area (Å²) in [5.41, 5.74) is 4.69. The normalized spacial score (nSPS) is 14.6. The molecule has 0 aliphatic heterocycles. The minimum atomic E-state index is -0.742. The topological polar surface area (TPSA) is 100 Å². The molecular formula is C29H23N3O5. The summed E-state index contributed by atoms with van der Waals surface area (Å²) in [6, 6.07) is 18.6. The van der Waals surface area contributed by atoms with Gasteiger partial charge in [0, 0.05) is 10.9 Å². The number of para-hydroxylation sites is 1. The first kappa shape index (κ1) is 22.7. The van der Waals surface area contributed by atoms with Gasteiger partial charge in [0.2, 0.25) is 5.89 Å².